The largest absolute Gasteiger partial charge is 0.311 e. The number of nitrogens with one attached hydrogen (secondary N) is 1. The number of likely N-dealkylation sites (N-methyl/N-ethyl adjacent to an activating group) is 1. The highest BCUT2D eigenvalue weighted by Gasteiger charge is 2.22. The molecule has 3 rings (SSSR count). The van der Waals surface area contributed by atoms with E-state index in [1.165, 1.54) is 24.9 Å². The molecular weight excluding hydrogens is 282 g/mol. The zero-order valence-corrected chi connectivity index (χ0v) is 13.2. The number of hydrogen-bond acceptors (Lipinski definition) is 3. The maximum Gasteiger partial charge on any atom is 0.0761 e. The fourth-order valence-corrected chi connectivity index (χ4v) is 3.47. The van der Waals surface area contributed by atoms with Crippen molar-refractivity contribution in [1.29, 1.82) is 0 Å². The molecule has 0 amide bonds. The van der Waals surface area contributed by atoms with Gasteiger partial charge in [0.25, 0.3) is 0 Å². The van der Waals surface area contributed by atoms with Crippen LogP contribution in [0.5, 0.6) is 0 Å². The van der Waals surface area contributed by atoms with Gasteiger partial charge in [-0.1, -0.05) is 24.6 Å². The van der Waals surface area contributed by atoms with E-state index < -0.39 is 0 Å². The summed E-state index contributed by atoms with van der Waals surface area (Å²) in [6.07, 6.45) is 4.46. The monoisotopic (exact) mass is 303 g/mol. The van der Waals surface area contributed by atoms with E-state index in [1.807, 2.05) is 24.4 Å². The molecule has 0 bridgehead atoms. The van der Waals surface area contributed by atoms with Gasteiger partial charge in [-0.25, -0.2) is 0 Å². The normalized spacial score (nSPS) is 19.4. The van der Waals surface area contributed by atoms with Crippen molar-refractivity contribution in [2.45, 2.75) is 32.4 Å². The van der Waals surface area contributed by atoms with E-state index in [4.69, 9.17) is 11.6 Å². The van der Waals surface area contributed by atoms with Crippen molar-refractivity contribution in [3.63, 3.8) is 0 Å². The molecule has 4 heteroatoms. The van der Waals surface area contributed by atoms with Crippen LogP contribution >= 0.6 is 11.6 Å². The number of pyridine rings is 1. The average molecular weight is 304 g/mol. The minimum Gasteiger partial charge on any atom is -0.311 e. The average Bonchev–Trinajstić information content (AvgIpc) is 2.97. The Balaban J connectivity index is 1.67. The van der Waals surface area contributed by atoms with Crippen LogP contribution in [0.4, 0.5) is 0 Å². The Kier molecular flexibility index (Phi) is 4.73. The first-order valence-electron chi connectivity index (χ1n) is 7.76. The summed E-state index contributed by atoms with van der Waals surface area (Å²) in [5.41, 5.74) is 2.23. The second-order valence-corrected chi connectivity index (χ2v) is 6.07. The molecule has 3 nitrogen and oxygen atoms in total. The number of fused-ring (bicyclic) bond motifs is 1. The third-order valence-electron chi connectivity index (χ3n) is 4.40. The Hall–Kier alpha value is -1.16. The van der Waals surface area contributed by atoms with E-state index in [2.05, 4.69) is 28.2 Å². The molecule has 1 aromatic carbocycles. The van der Waals surface area contributed by atoms with Gasteiger partial charge in [0.2, 0.25) is 0 Å². The quantitative estimate of drug-likeness (QED) is 0.917. The van der Waals surface area contributed by atoms with Gasteiger partial charge in [0.05, 0.1) is 5.52 Å². The predicted octanol–water partition coefficient (Wildman–Crippen LogP) is 3.46. The van der Waals surface area contributed by atoms with E-state index >= 15 is 0 Å². The molecule has 0 spiro atoms. The van der Waals surface area contributed by atoms with Gasteiger partial charge in [-0.2, -0.15) is 0 Å². The summed E-state index contributed by atoms with van der Waals surface area (Å²) >= 11 is 6.24. The molecule has 1 fully saturated rings. The zero-order chi connectivity index (χ0) is 14.7. The van der Waals surface area contributed by atoms with Crippen LogP contribution in [0, 0.1) is 0 Å². The molecule has 0 saturated carbocycles. The molecule has 2 heterocycles. The van der Waals surface area contributed by atoms with Gasteiger partial charge in [0.15, 0.2) is 0 Å². The highest BCUT2D eigenvalue weighted by molar-refractivity contribution is 6.35. The molecule has 1 N–H and O–H groups in total. The Morgan fingerprint density at radius 3 is 3.14 bits per heavy atom. The van der Waals surface area contributed by atoms with E-state index in [0.717, 1.165) is 35.6 Å². The first-order valence-corrected chi connectivity index (χ1v) is 8.14. The van der Waals surface area contributed by atoms with Gasteiger partial charge in [-0.05, 0) is 49.7 Å². The molecule has 1 aliphatic heterocycles. The van der Waals surface area contributed by atoms with Gasteiger partial charge >= 0.3 is 0 Å². The highest BCUT2D eigenvalue weighted by Crippen LogP contribution is 2.24. The van der Waals surface area contributed by atoms with Crippen molar-refractivity contribution in [2.75, 3.05) is 19.6 Å². The second kappa shape index (κ2) is 6.73. The van der Waals surface area contributed by atoms with Gasteiger partial charge < -0.3 is 5.32 Å². The lowest BCUT2D eigenvalue weighted by molar-refractivity contribution is 0.260. The number of likely N-dealkylation sites (tertiary alicyclic amines) is 1. The summed E-state index contributed by atoms with van der Waals surface area (Å²) in [5, 5.41) is 5.40. The molecular formula is C17H22ClN3. The molecule has 0 radical (unpaired) electrons. The summed E-state index contributed by atoms with van der Waals surface area (Å²) in [4.78, 5) is 7.05. The van der Waals surface area contributed by atoms with Crippen LogP contribution < -0.4 is 5.32 Å². The highest BCUT2D eigenvalue weighted by atomic mass is 35.5. The third-order valence-corrected chi connectivity index (χ3v) is 4.73. The molecule has 21 heavy (non-hydrogen) atoms. The molecule has 1 atom stereocenters. The van der Waals surface area contributed by atoms with Gasteiger partial charge in [-0.15, -0.1) is 0 Å². The number of halogens is 1. The van der Waals surface area contributed by atoms with Crippen molar-refractivity contribution in [3.05, 3.63) is 41.0 Å². The van der Waals surface area contributed by atoms with Crippen LogP contribution in [0.25, 0.3) is 10.9 Å². The minimum atomic E-state index is 0.682. The van der Waals surface area contributed by atoms with Crippen LogP contribution in [0.15, 0.2) is 30.5 Å². The smallest absolute Gasteiger partial charge is 0.0761 e. The number of rotatable bonds is 5. The van der Waals surface area contributed by atoms with Crippen LogP contribution in [-0.2, 0) is 6.54 Å². The molecule has 2 aromatic rings. The van der Waals surface area contributed by atoms with Gasteiger partial charge in [-0.3, -0.25) is 9.88 Å². The second-order valence-electron chi connectivity index (χ2n) is 5.66. The standard InChI is InChI=1S/C17H22ClN3/c1-2-21-10-4-5-14(21)12-19-11-13-7-8-16(18)15-6-3-9-20-17(13)15/h3,6-9,14,19H,2,4-5,10-12H2,1H3. The minimum absolute atomic E-state index is 0.682. The van der Waals surface area contributed by atoms with Crippen LogP contribution in [0.3, 0.4) is 0 Å². The Morgan fingerprint density at radius 2 is 2.29 bits per heavy atom. The molecule has 1 unspecified atom stereocenters. The van der Waals surface area contributed by atoms with Crippen LogP contribution in [0.1, 0.15) is 25.3 Å². The van der Waals surface area contributed by atoms with Gasteiger partial charge in [0.1, 0.15) is 0 Å². The number of aromatic nitrogens is 1. The maximum absolute atomic E-state index is 6.24. The Morgan fingerprint density at radius 1 is 1.38 bits per heavy atom. The SMILES string of the molecule is CCN1CCCC1CNCc1ccc(Cl)c2cccnc12. The molecule has 1 aromatic heterocycles. The first kappa shape index (κ1) is 14.8. The summed E-state index contributed by atoms with van der Waals surface area (Å²) in [5.74, 6) is 0. The summed E-state index contributed by atoms with van der Waals surface area (Å²) in [6, 6.07) is 8.70. The fraction of sp³-hybridized carbons (Fsp3) is 0.471. The van der Waals surface area contributed by atoms with Crippen LogP contribution in [-0.4, -0.2) is 35.6 Å². The lowest BCUT2D eigenvalue weighted by Crippen LogP contribution is -2.37. The molecule has 1 saturated heterocycles. The molecule has 112 valence electrons. The number of nitrogens with zero attached hydrogens (tertiary/aromatic N) is 2. The molecule has 0 aliphatic carbocycles. The third kappa shape index (κ3) is 3.20. The van der Waals surface area contributed by atoms with Crippen LogP contribution in [0.2, 0.25) is 5.02 Å². The zero-order valence-electron chi connectivity index (χ0n) is 12.5. The van der Waals surface area contributed by atoms with E-state index in [0.29, 0.717) is 6.04 Å². The summed E-state index contributed by atoms with van der Waals surface area (Å²) < 4.78 is 0. The van der Waals surface area contributed by atoms with Crippen molar-refractivity contribution < 1.29 is 0 Å². The number of benzene rings is 1. The molecule has 1 aliphatic rings. The first-order chi connectivity index (χ1) is 10.3. The van der Waals surface area contributed by atoms with E-state index in [-0.39, 0.29) is 0 Å². The van der Waals surface area contributed by atoms with Crippen molar-refractivity contribution in [2.24, 2.45) is 0 Å². The van der Waals surface area contributed by atoms with Gasteiger partial charge in [0, 0.05) is 35.7 Å². The predicted molar refractivity (Wildman–Crippen MR) is 88.7 cm³/mol. The van der Waals surface area contributed by atoms with Crippen molar-refractivity contribution in [1.82, 2.24) is 15.2 Å². The van der Waals surface area contributed by atoms with Crippen molar-refractivity contribution in [3.8, 4) is 0 Å². The summed E-state index contributed by atoms with van der Waals surface area (Å²) in [6.45, 7) is 6.53. The summed E-state index contributed by atoms with van der Waals surface area (Å²) in [7, 11) is 0. The fourth-order valence-electron chi connectivity index (χ4n) is 3.26. The Bertz CT molecular complexity index is 614. The topological polar surface area (TPSA) is 28.2 Å². The lowest BCUT2D eigenvalue weighted by Gasteiger charge is -2.23. The number of hydrogen-bond donors (Lipinski definition) is 1. The van der Waals surface area contributed by atoms with Crippen molar-refractivity contribution >= 4 is 22.5 Å². The Labute approximate surface area is 131 Å². The maximum atomic E-state index is 6.24. The van der Waals surface area contributed by atoms with E-state index in [9.17, 15) is 0 Å². The lowest BCUT2D eigenvalue weighted by atomic mass is 10.1. The van der Waals surface area contributed by atoms with E-state index in [1.54, 1.807) is 0 Å².